The van der Waals surface area contributed by atoms with E-state index in [1.54, 1.807) is 6.92 Å². The van der Waals surface area contributed by atoms with Crippen LogP contribution in [0.2, 0.25) is 0 Å². The van der Waals surface area contributed by atoms with Gasteiger partial charge in [0, 0.05) is 23.2 Å². The predicted molar refractivity (Wildman–Crippen MR) is 88.2 cm³/mol. The van der Waals surface area contributed by atoms with Gasteiger partial charge in [-0.1, -0.05) is 19.1 Å². The maximum Gasteiger partial charge on any atom is 0.307 e. The molecule has 0 radical (unpaired) electrons. The number of carbonyl (C=O) groups excluding carboxylic acids is 3. The number of nitro groups is 1. The van der Waals surface area contributed by atoms with Gasteiger partial charge >= 0.3 is 5.97 Å². The number of nitrogens with zero attached hydrogens (tertiary/aromatic N) is 1. The first-order valence-corrected chi connectivity index (χ1v) is 8.12. The molecule has 1 aliphatic rings. The van der Waals surface area contributed by atoms with Gasteiger partial charge in [0.2, 0.25) is 6.54 Å². The van der Waals surface area contributed by atoms with Gasteiger partial charge in [0.15, 0.2) is 6.61 Å². The fraction of sp³-hybridized carbons (Fsp3) is 0.471. The van der Waals surface area contributed by atoms with Crippen molar-refractivity contribution in [1.29, 1.82) is 0 Å². The smallest absolute Gasteiger partial charge is 0.307 e. The van der Waals surface area contributed by atoms with Crippen LogP contribution in [-0.4, -0.2) is 35.7 Å². The van der Waals surface area contributed by atoms with Crippen molar-refractivity contribution in [2.45, 2.75) is 19.8 Å². The van der Waals surface area contributed by atoms with E-state index in [0.717, 1.165) is 0 Å². The fourth-order valence-corrected chi connectivity index (χ4v) is 3.13. The average molecular weight is 366 g/mol. The third-order valence-corrected chi connectivity index (χ3v) is 4.44. The van der Waals surface area contributed by atoms with Gasteiger partial charge in [0.25, 0.3) is 5.91 Å². The van der Waals surface area contributed by atoms with Crippen LogP contribution in [0.4, 0.5) is 10.1 Å². The zero-order valence-corrected chi connectivity index (χ0v) is 14.1. The number of nitrogens with one attached hydrogen (secondary N) is 1. The Morgan fingerprint density at radius 2 is 2.08 bits per heavy atom. The molecule has 9 heteroatoms. The summed E-state index contributed by atoms with van der Waals surface area (Å²) >= 11 is 0. The summed E-state index contributed by atoms with van der Waals surface area (Å²) in [5, 5.41) is 13.0. The number of hydrogen-bond donors (Lipinski definition) is 1. The van der Waals surface area contributed by atoms with E-state index in [-0.39, 0.29) is 30.2 Å². The lowest BCUT2D eigenvalue weighted by atomic mass is 9.88. The molecule has 1 aliphatic carbocycles. The molecule has 1 N–H and O–H groups in total. The van der Waals surface area contributed by atoms with Crippen molar-refractivity contribution >= 4 is 23.3 Å². The first-order chi connectivity index (χ1) is 12.3. The number of ether oxygens (including phenoxy) is 1. The minimum absolute atomic E-state index is 0.0422. The molecule has 1 fully saturated rings. The Balaban J connectivity index is 1.85. The molecule has 140 valence electrons. The molecule has 0 bridgehead atoms. The van der Waals surface area contributed by atoms with Gasteiger partial charge in [-0.15, -0.1) is 0 Å². The summed E-state index contributed by atoms with van der Waals surface area (Å²) in [5.41, 5.74) is -0.0422. The second-order valence-corrected chi connectivity index (χ2v) is 6.33. The first kappa shape index (κ1) is 19.5. The minimum atomic E-state index is -0.797. The summed E-state index contributed by atoms with van der Waals surface area (Å²) < 4.78 is 18.3. The van der Waals surface area contributed by atoms with E-state index in [9.17, 15) is 28.9 Å². The van der Waals surface area contributed by atoms with Crippen molar-refractivity contribution in [2.75, 3.05) is 18.5 Å². The van der Waals surface area contributed by atoms with Crippen molar-refractivity contribution in [3.63, 3.8) is 0 Å². The van der Waals surface area contributed by atoms with Gasteiger partial charge in [-0.2, -0.15) is 0 Å². The number of para-hydroxylation sites is 1. The molecule has 0 aromatic heterocycles. The van der Waals surface area contributed by atoms with Crippen molar-refractivity contribution in [2.24, 2.45) is 17.8 Å². The van der Waals surface area contributed by atoms with E-state index in [1.165, 1.54) is 24.3 Å². The Hall–Kier alpha value is -2.84. The molecule has 26 heavy (non-hydrogen) atoms. The Bertz CT molecular complexity index is 723. The zero-order valence-electron chi connectivity index (χ0n) is 14.1. The molecule has 0 aliphatic heterocycles. The normalized spacial score (nSPS) is 22.1. The number of halogens is 1. The molecular formula is C17H19FN2O6. The molecule has 3 atom stereocenters. The van der Waals surface area contributed by atoms with E-state index in [1.807, 2.05) is 0 Å². The highest BCUT2D eigenvalue weighted by Crippen LogP contribution is 2.36. The number of rotatable bonds is 7. The summed E-state index contributed by atoms with van der Waals surface area (Å²) in [5.74, 6) is -3.85. The van der Waals surface area contributed by atoms with Crippen molar-refractivity contribution in [3.05, 3.63) is 40.2 Å². The van der Waals surface area contributed by atoms with Crippen LogP contribution in [0.15, 0.2) is 24.3 Å². The highest BCUT2D eigenvalue weighted by Gasteiger charge is 2.44. The average Bonchev–Trinajstić information content (AvgIpc) is 2.81. The minimum Gasteiger partial charge on any atom is -0.456 e. The molecule has 0 unspecified atom stereocenters. The van der Waals surface area contributed by atoms with Crippen LogP contribution in [0.5, 0.6) is 0 Å². The topological polar surface area (TPSA) is 116 Å². The number of benzene rings is 1. The molecule has 1 amide bonds. The molecule has 1 aromatic carbocycles. The fourth-order valence-electron chi connectivity index (χ4n) is 3.13. The number of anilines is 1. The van der Waals surface area contributed by atoms with Gasteiger partial charge < -0.3 is 10.1 Å². The van der Waals surface area contributed by atoms with Gasteiger partial charge in [-0.3, -0.25) is 24.5 Å². The van der Waals surface area contributed by atoms with Crippen LogP contribution >= 0.6 is 0 Å². The van der Waals surface area contributed by atoms with E-state index in [0.29, 0.717) is 0 Å². The highest BCUT2D eigenvalue weighted by atomic mass is 19.1. The number of hydrogen-bond acceptors (Lipinski definition) is 6. The van der Waals surface area contributed by atoms with Crippen molar-refractivity contribution in [1.82, 2.24) is 0 Å². The van der Waals surface area contributed by atoms with Crippen LogP contribution in [-0.2, 0) is 19.1 Å². The van der Waals surface area contributed by atoms with Crippen LogP contribution < -0.4 is 5.32 Å². The Kier molecular flexibility index (Phi) is 6.37. The molecular weight excluding hydrogens is 347 g/mol. The summed E-state index contributed by atoms with van der Waals surface area (Å²) in [6.07, 6.45) is -0.126. The van der Waals surface area contributed by atoms with E-state index < -0.39 is 47.6 Å². The Morgan fingerprint density at radius 1 is 1.38 bits per heavy atom. The SMILES string of the molecule is C[C@H]1CC(=O)[C@H](CC(=O)OCC(=O)Nc2ccccc2F)[C@@H]1C[N+](=O)[O-]. The lowest BCUT2D eigenvalue weighted by Gasteiger charge is -2.17. The number of amides is 1. The Labute approximate surface area is 148 Å². The summed E-state index contributed by atoms with van der Waals surface area (Å²) in [6, 6.07) is 5.53. The Morgan fingerprint density at radius 3 is 2.73 bits per heavy atom. The third-order valence-electron chi connectivity index (χ3n) is 4.44. The standard InChI is InChI=1S/C17H19FN2O6/c1-10-6-15(21)11(12(10)8-20(24)25)7-17(23)26-9-16(22)19-14-5-3-2-4-13(14)18/h2-5,10-12H,6-9H2,1H3,(H,19,22)/t10-,11+,12+/m0/s1. The van der Waals surface area contributed by atoms with Gasteiger partial charge in [0.1, 0.15) is 11.6 Å². The van der Waals surface area contributed by atoms with Crippen molar-refractivity contribution < 1.29 is 28.4 Å². The van der Waals surface area contributed by atoms with Crippen molar-refractivity contribution in [3.8, 4) is 0 Å². The van der Waals surface area contributed by atoms with E-state index in [2.05, 4.69) is 5.32 Å². The largest absolute Gasteiger partial charge is 0.456 e. The third kappa shape index (κ3) is 5.08. The second kappa shape index (κ2) is 8.50. The highest BCUT2D eigenvalue weighted by molar-refractivity contribution is 5.93. The molecule has 0 spiro atoms. The molecule has 0 saturated heterocycles. The number of carbonyl (C=O) groups is 3. The maximum absolute atomic E-state index is 13.4. The molecule has 8 nitrogen and oxygen atoms in total. The zero-order chi connectivity index (χ0) is 19.3. The molecule has 1 saturated carbocycles. The van der Waals surface area contributed by atoms with Crippen LogP contribution in [0.1, 0.15) is 19.8 Å². The van der Waals surface area contributed by atoms with Crippen LogP contribution in [0, 0.1) is 33.7 Å². The predicted octanol–water partition coefficient (Wildman–Crippen LogP) is 1.82. The lowest BCUT2D eigenvalue weighted by Crippen LogP contribution is -2.28. The quantitative estimate of drug-likeness (QED) is 0.447. The lowest BCUT2D eigenvalue weighted by molar-refractivity contribution is -0.490. The van der Waals surface area contributed by atoms with E-state index >= 15 is 0 Å². The second-order valence-electron chi connectivity index (χ2n) is 6.33. The molecule has 2 rings (SSSR count). The van der Waals surface area contributed by atoms with Gasteiger partial charge in [0.05, 0.1) is 12.1 Å². The number of Topliss-reactive ketones (excluding diaryl/α,β-unsaturated/α-hetero) is 1. The first-order valence-electron chi connectivity index (χ1n) is 8.12. The van der Waals surface area contributed by atoms with Gasteiger partial charge in [-0.05, 0) is 18.1 Å². The summed E-state index contributed by atoms with van der Waals surface area (Å²) in [7, 11) is 0. The molecule has 0 heterocycles. The summed E-state index contributed by atoms with van der Waals surface area (Å²) in [6.45, 7) is 0.710. The van der Waals surface area contributed by atoms with Crippen LogP contribution in [0.25, 0.3) is 0 Å². The molecule has 1 aromatic rings. The summed E-state index contributed by atoms with van der Waals surface area (Å²) in [4.78, 5) is 45.9. The monoisotopic (exact) mass is 366 g/mol. The van der Waals surface area contributed by atoms with Crippen LogP contribution in [0.3, 0.4) is 0 Å². The van der Waals surface area contributed by atoms with E-state index in [4.69, 9.17) is 4.74 Å². The number of ketones is 1. The number of esters is 1. The maximum atomic E-state index is 13.4. The van der Waals surface area contributed by atoms with Gasteiger partial charge in [-0.25, -0.2) is 4.39 Å².